The molecule has 9 heteroatoms. The zero-order chi connectivity index (χ0) is 13.3. The van der Waals surface area contributed by atoms with Crippen LogP contribution in [-0.2, 0) is 0 Å². The number of halogens is 1. The first-order valence-electron chi connectivity index (χ1n) is 5.07. The predicted molar refractivity (Wildman–Crippen MR) is 59.9 cm³/mol. The second-order valence-corrected chi connectivity index (χ2v) is 4.06. The van der Waals surface area contributed by atoms with E-state index < -0.39 is 24.9 Å². The molecule has 0 aliphatic heterocycles. The van der Waals surface area contributed by atoms with Gasteiger partial charge >= 0.3 is 0 Å². The van der Waals surface area contributed by atoms with Gasteiger partial charge in [-0.25, -0.2) is 0 Å². The fourth-order valence-corrected chi connectivity index (χ4v) is 1.58. The summed E-state index contributed by atoms with van der Waals surface area (Å²) in [5.41, 5.74) is 0.333. The zero-order valence-corrected chi connectivity index (χ0v) is 9.81. The molecule has 2 rings (SSSR count). The molecule has 0 unspecified atom stereocenters. The molecule has 0 saturated heterocycles. The fraction of sp³-hybridized carbons (Fsp3) is 0.444. The summed E-state index contributed by atoms with van der Waals surface area (Å²) in [7, 11) is 0. The first-order valence-corrected chi connectivity index (χ1v) is 5.45. The second-order valence-electron chi connectivity index (χ2n) is 3.67. The van der Waals surface area contributed by atoms with E-state index in [9.17, 15) is 15.3 Å². The number of rotatable bonds is 4. The molecule has 0 saturated carbocycles. The van der Waals surface area contributed by atoms with Gasteiger partial charge in [-0.3, -0.25) is 0 Å². The summed E-state index contributed by atoms with van der Waals surface area (Å²) in [4.78, 5) is 0. The Morgan fingerprint density at radius 1 is 1.22 bits per heavy atom. The summed E-state index contributed by atoms with van der Waals surface area (Å²) in [5.74, 6) is -0.0764. The van der Waals surface area contributed by atoms with Crippen LogP contribution in [0.15, 0.2) is 12.1 Å². The van der Waals surface area contributed by atoms with E-state index >= 15 is 0 Å². The lowest BCUT2D eigenvalue weighted by molar-refractivity contribution is -0.0808. The zero-order valence-electron chi connectivity index (χ0n) is 9.05. The minimum Gasteiger partial charge on any atom is -0.394 e. The van der Waals surface area contributed by atoms with E-state index in [0.717, 1.165) is 4.52 Å². The maximum atomic E-state index is 9.84. The highest BCUT2D eigenvalue weighted by molar-refractivity contribution is 6.29. The van der Waals surface area contributed by atoms with E-state index in [-0.39, 0.29) is 11.0 Å². The van der Waals surface area contributed by atoms with Crippen molar-refractivity contribution < 1.29 is 20.4 Å². The van der Waals surface area contributed by atoms with Gasteiger partial charge in [-0.05, 0) is 12.1 Å². The van der Waals surface area contributed by atoms with Crippen LogP contribution in [0.25, 0.3) is 5.65 Å². The molecule has 0 spiro atoms. The molecule has 18 heavy (non-hydrogen) atoms. The SMILES string of the molecule is OC[C@@H](O)[C@H](O)[C@@H](O)c1nnc2ccc(Cl)nn12. The molecule has 8 nitrogen and oxygen atoms in total. The Labute approximate surface area is 106 Å². The average molecular weight is 275 g/mol. The molecular weight excluding hydrogens is 264 g/mol. The maximum absolute atomic E-state index is 9.84. The van der Waals surface area contributed by atoms with Crippen LogP contribution in [0.2, 0.25) is 5.15 Å². The Kier molecular flexibility index (Phi) is 3.73. The molecule has 4 N–H and O–H groups in total. The molecule has 0 aliphatic carbocycles. The molecule has 98 valence electrons. The number of aliphatic hydroxyl groups excluding tert-OH is 4. The summed E-state index contributed by atoms with van der Waals surface area (Å²) in [6.07, 6.45) is -4.65. The predicted octanol–water partition coefficient (Wildman–Crippen LogP) is -1.47. The van der Waals surface area contributed by atoms with Gasteiger partial charge in [-0.15, -0.1) is 10.2 Å². The number of hydrogen-bond donors (Lipinski definition) is 4. The quantitative estimate of drug-likeness (QED) is 0.536. The molecule has 2 aromatic rings. The highest BCUT2D eigenvalue weighted by Crippen LogP contribution is 2.18. The molecule has 2 aromatic heterocycles. The van der Waals surface area contributed by atoms with Gasteiger partial charge < -0.3 is 20.4 Å². The lowest BCUT2D eigenvalue weighted by Crippen LogP contribution is -2.35. The van der Waals surface area contributed by atoms with Crippen molar-refractivity contribution in [1.82, 2.24) is 19.8 Å². The number of nitrogens with zero attached hydrogens (tertiary/aromatic N) is 4. The van der Waals surface area contributed by atoms with Gasteiger partial charge in [0, 0.05) is 0 Å². The van der Waals surface area contributed by atoms with Crippen molar-refractivity contribution in [2.45, 2.75) is 18.3 Å². The van der Waals surface area contributed by atoms with Crippen LogP contribution >= 0.6 is 11.6 Å². The first-order chi connectivity index (χ1) is 8.54. The third-order valence-corrected chi connectivity index (χ3v) is 2.63. The van der Waals surface area contributed by atoms with Crippen LogP contribution in [0.1, 0.15) is 11.9 Å². The molecule has 2 heterocycles. The smallest absolute Gasteiger partial charge is 0.186 e. The van der Waals surface area contributed by atoms with Crippen LogP contribution < -0.4 is 0 Å². The maximum Gasteiger partial charge on any atom is 0.186 e. The van der Waals surface area contributed by atoms with Gasteiger partial charge in [0.25, 0.3) is 0 Å². The van der Waals surface area contributed by atoms with Crippen LogP contribution in [0, 0.1) is 0 Å². The molecule has 3 atom stereocenters. The van der Waals surface area contributed by atoms with Crippen molar-refractivity contribution in [3.63, 3.8) is 0 Å². The Morgan fingerprint density at radius 2 is 1.94 bits per heavy atom. The lowest BCUT2D eigenvalue weighted by atomic mass is 10.1. The number of aromatic nitrogens is 4. The van der Waals surface area contributed by atoms with E-state index in [4.69, 9.17) is 16.7 Å². The van der Waals surface area contributed by atoms with Gasteiger partial charge in [-0.1, -0.05) is 11.6 Å². The van der Waals surface area contributed by atoms with Gasteiger partial charge in [0.2, 0.25) is 0 Å². The summed E-state index contributed by atoms with van der Waals surface area (Å²) < 4.78 is 1.15. The number of hydrogen-bond acceptors (Lipinski definition) is 7. The third-order valence-electron chi connectivity index (χ3n) is 2.42. The van der Waals surface area contributed by atoms with Crippen LogP contribution in [-0.4, -0.2) is 59.1 Å². The van der Waals surface area contributed by atoms with E-state index in [1.54, 1.807) is 0 Å². The van der Waals surface area contributed by atoms with Crippen LogP contribution in [0.3, 0.4) is 0 Å². The summed E-state index contributed by atoms with van der Waals surface area (Å²) >= 11 is 5.70. The van der Waals surface area contributed by atoms with Crippen molar-refractivity contribution in [1.29, 1.82) is 0 Å². The second kappa shape index (κ2) is 5.12. The van der Waals surface area contributed by atoms with E-state index in [1.165, 1.54) is 12.1 Å². The summed E-state index contributed by atoms with van der Waals surface area (Å²) in [6, 6.07) is 3.04. The number of fused-ring (bicyclic) bond motifs is 1. The highest BCUT2D eigenvalue weighted by Gasteiger charge is 2.29. The highest BCUT2D eigenvalue weighted by atomic mass is 35.5. The molecule has 0 aromatic carbocycles. The Morgan fingerprint density at radius 3 is 2.61 bits per heavy atom. The van der Waals surface area contributed by atoms with Crippen molar-refractivity contribution in [3.8, 4) is 0 Å². The topological polar surface area (TPSA) is 124 Å². The lowest BCUT2D eigenvalue weighted by Gasteiger charge is -2.19. The Balaban J connectivity index is 2.38. The fourth-order valence-electron chi connectivity index (χ4n) is 1.44. The standard InChI is InChI=1S/C9H11ClN4O4/c10-5-1-2-6-11-12-9(14(6)13-5)8(18)7(17)4(16)3-15/h1-2,4,7-8,15-18H,3H2/t4-,7+,8-/m1/s1. The minimum atomic E-state index is -1.61. The van der Waals surface area contributed by atoms with Crippen LogP contribution in [0.4, 0.5) is 0 Å². The largest absolute Gasteiger partial charge is 0.394 e. The van der Waals surface area contributed by atoms with Crippen molar-refractivity contribution in [2.24, 2.45) is 0 Å². The molecule has 0 radical (unpaired) electrons. The first kappa shape index (κ1) is 13.1. The molecule has 0 bridgehead atoms. The normalized spacial score (nSPS) is 16.7. The van der Waals surface area contributed by atoms with Gasteiger partial charge in [-0.2, -0.15) is 9.61 Å². The van der Waals surface area contributed by atoms with E-state index in [0.29, 0.717) is 5.65 Å². The average Bonchev–Trinajstić information content (AvgIpc) is 2.78. The Bertz CT molecular complexity index is 548. The van der Waals surface area contributed by atoms with Gasteiger partial charge in [0.05, 0.1) is 6.61 Å². The molecular formula is C9H11ClN4O4. The third kappa shape index (κ3) is 2.28. The summed E-state index contributed by atoms with van der Waals surface area (Å²) in [6.45, 7) is -0.691. The monoisotopic (exact) mass is 274 g/mol. The van der Waals surface area contributed by atoms with E-state index in [2.05, 4.69) is 15.3 Å². The van der Waals surface area contributed by atoms with Crippen molar-refractivity contribution in [3.05, 3.63) is 23.1 Å². The van der Waals surface area contributed by atoms with Gasteiger partial charge in [0.15, 0.2) is 11.5 Å². The molecule has 0 amide bonds. The van der Waals surface area contributed by atoms with Crippen molar-refractivity contribution in [2.75, 3.05) is 6.61 Å². The molecule has 0 fully saturated rings. The van der Waals surface area contributed by atoms with Gasteiger partial charge in [0.1, 0.15) is 23.5 Å². The summed E-state index contributed by atoms with van der Waals surface area (Å²) in [5, 5.41) is 48.8. The van der Waals surface area contributed by atoms with E-state index in [1.807, 2.05) is 0 Å². The molecule has 0 aliphatic rings. The number of aliphatic hydroxyl groups is 4. The Hall–Kier alpha value is -1.32. The van der Waals surface area contributed by atoms with Crippen LogP contribution in [0.5, 0.6) is 0 Å². The minimum absolute atomic E-state index is 0.0764. The van der Waals surface area contributed by atoms with Crippen molar-refractivity contribution >= 4 is 17.2 Å².